The van der Waals surface area contributed by atoms with E-state index in [-0.39, 0.29) is 6.01 Å². The molecular formula is C10H7ClN2OS. The van der Waals surface area contributed by atoms with E-state index in [1.807, 2.05) is 12.1 Å². The third kappa shape index (κ3) is 2.84. The SMILES string of the molecule is Sc1ccc(Oc2nccc(Cl)n2)cc1. The van der Waals surface area contributed by atoms with Gasteiger partial charge in [-0.25, -0.2) is 4.98 Å². The molecule has 1 aromatic carbocycles. The molecule has 76 valence electrons. The topological polar surface area (TPSA) is 35.0 Å². The summed E-state index contributed by atoms with van der Waals surface area (Å²) in [7, 11) is 0. The predicted octanol–water partition coefficient (Wildman–Crippen LogP) is 3.21. The number of hydrogen-bond acceptors (Lipinski definition) is 4. The maximum absolute atomic E-state index is 5.69. The van der Waals surface area contributed by atoms with E-state index in [9.17, 15) is 0 Å². The monoisotopic (exact) mass is 238 g/mol. The second-order valence-electron chi connectivity index (χ2n) is 2.76. The van der Waals surface area contributed by atoms with Gasteiger partial charge >= 0.3 is 6.01 Å². The van der Waals surface area contributed by atoms with Gasteiger partial charge in [-0.2, -0.15) is 4.98 Å². The average molecular weight is 239 g/mol. The molecule has 2 aromatic rings. The minimum absolute atomic E-state index is 0.231. The van der Waals surface area contributed by atoms with Gasteiger partial charge < -0.3 is 4.74 Å². The first-order valence-corrected chi connectivity index (χ1v) is 5.02. The first-order chi connectivity index (χ1) is 7.24. The van der Waals surface area contributed by atoms with Crippen LogP contribution < -0.4 is 4.74 Å². The molecule has 0 unspecified atom stereocenters. The van der Waals surface area contributed by atoms with Crippen molar-refractivity contribution in [1.82, 2.24) is 9.97 Å². The number of nitrogens with zero attached hydrogens (tertiary/aromatic N) is 2. The number of hydrogen-bond donors (Lipinski definition) is 1. The molecule has 0 bridgehead atoms. The number of rotatable bonds is 2. The number of halogens is 1. The van der Waals surface area contributed by atoms with E-state index < -0.39 is 0 Å². The molecule has 0 spiro atoms. The van der Waals surface area contributed by atoms with Crippen LogP contribution in [0.4, 0.5) is 0 Å². The van der Waals surface area contributed by atoms with Crippen LogP contribution in [0.15, 0.2) is 41.4 Å². The molecule has 0 saturated carbocycles. The van der Waals surface area contributed by atoms with Gasteiger partial charge in [0, 0.05) is 11.1 Å². The van der Waals surface area contributed by atoms with E-state index in [1.165, 1.54) is 6.20 Å². The van der Waals surface area contributed by atoms with Gasteiger partial charge in [-0.05, 0) is 30.3 Å². The molecule has 0 aliphatic rings. The van der Waals surface area contributed by atoms with Gasteiger partial charge in [-0.15, -0.1) is 12.6 Å². The molecule has 0 fully saturated rings. The third-order valence-electron chi connectivity index (χ3n) is 1.65. The Kier molecular flexibility index (Phi) is 3.08. The van der Waals surface area contributed by atoms with Crippen LogP contribution in [-0.4, -0.2) is 9.97 Å². The van der Waals surface area contributed by atoms with Crippen molar-refractivity contribution >= 4 is 24.2 Å². The van der Waals surface area contributed by atoms with Crippen molar-refractivity contribution in [3.8, 4) is 11.8 Å². The van der Waals surface area contributed by atoms with E-state index in [0.29, 0.717) is 10.9 Å². The van der Waals surface area contributed by atoms with Crippen LogP contribution in [0.1, 0.15) is 0 Å². The molecular weight excluding hydrogens is 232 g/mol. The third-order valence-corrected chi connectivity index (χ3v) is 2.15. The lowest BCUT2D eigenvalue weighted by molar-refractivity contribution is 0.441. The average Bonchev–Trinajstić information content (AvgIpc) is 2.22. The summed E-state index contributed by atoms with van der Waals surface area (Å²) in [4.78, 5) is 8.69. The molecule has 0 saturated heterocycles. The van der Waals surface area contributed by atoms with E-state index in [4.69, 9.17) is 16.3 Å². The van der Waals surface area contributed by atoms with E-state index in [1.54, 1.807) is 18.2 Å². The van der Waals surface area contributed by atoms with Crippen molar-refractivity contribution < 1.29 is 4.74 Å². The van der Waals surface area contributed by atoms with Gasteiger partial charge in [0.2, 0.25) is 0 Å². The Bertz CT molecular complexity index is 461. The minimum Gasteiger partial charge on any atom is -0.424 e. The van der Waals surface area contributed by atoms with Crippen molar-refractivity contribution in [3.05, 3.63) is 41.7 Å². The van der Waals surface area contributed by atoms with Gasteiger partial charge in [0.25, 0.3) is 0 Å². The molecule has 0 atom stereocenters. The molecule has 2 rings (SSSR count). The van der Waals surface area contributed by atoms with Crippen LogP contribution >= 0.6 is 24.2 Å². The van der Waals surface area contributed by atoms with Crippen molar-refractivity contribution in [2.45, 2.75) is 4.90 Å². The summed E-state index contributed by atoms with van der Waals surface area (Å²) in [6.45, 7) is 0. The standard InChI is InChI=1S/C10H7ClN2OS/c11-9-5-6-12-10(13-9)14-7-1-3-8(15)4-2-7/h1-6,15H. The Labute approximate surface area is 97.5 Å². The molecule has 0 aliphatic heterocycles. The van der Waals surface area contributed by atoms with E-state index >= 15 is 0 Å². The number of ether oxygens (including phenoxy) is 1. The number of benzene rings is 1. The lowest BCUT2D eigenvalue weighted by Crippen LogP contribution is -1.90. The highest BCUT2D eigenvalue weighted by atomic mass is 35.5. The van der Waals surface area contributed by atoms with E-state index in [0.717, 1.165) is 4.90 Å². The van der Waals surface area contributed by atoms with Crippen molar-refractivity contribution in [2.75, 3.05) is 0 Å². The summed E-state index contributed by atoms with van der Waals surface area (Å²) in [6.07, 6.45) is 1.54. The fourth-order valence-electron chi connectivity index (χ4n) is 0.989. The van der Waals surface area contributed by atoms with Gasteiger partial charge in [0.1, 0.15) is 10.9 Å². The molecule has 1 heterocycles. The maximum atomic E-state index is 5.69. The van der Waals surface area contributed by atoms with Crippen molar-refractivity contribution in [3.63, 3.8) is 0 Å². The van der Waals surface area contributed by atoms with Crippen LogP contribution in [0.2, 0.25) is 5.15 Å². The zero-order chi connectivity index (χ0) is 10.7. The molecule has 0 amide bonds. The molecule has 1 aromatic heterocycles. The Morgan fingerprint density at radius 2 is 1.87 bits per heavy atom. The van der Waals surface area contributed by atoms with Crippen LogP contribution in [0.25, 0.3) is 0 Å². The minimum atomic E-state index is 0.231. The van der Waals surface area contributed by atoms with Crippen LogP contribution in [-0.2, 0) is 0 Å². The van der Waals surface area contributed by atoms with Gasteiger partial charge in [0.05, 0.1) is 0 Å². The summed E-state index contributed by atoms with van der Waals surface area (Å²) in [5.74, 6) is 0.648. The van der Waals surface area contributed by atoms with Crippen LogP contribution in [0.5, 0.6) is 11.8 Å². The zero-order valence-corrected chi connectivity index (χ0v) is 9.24. The summed E-state index contributed by atoms with van der Waals surface area (Å²) in [5.41, 5.74) is 0. The second-order valence-corrected chi connectivity index (χ2v) is 3.66. The lowest BCUT2D eigenvalue weighted by Gasteiger charge is -2.03. The maximum Gasteiger partial charge on any atom is 0.323 e. The second kappa shape index (κ2) is 4.51. The molecule has 5 heteroatoms. The highest BCUT2D eigenvalue weighted by Crippen LogP contribution is 2.20. The first kappa shape index (κ1) is 10.3. The summed E-state index contributed by atoms with van der Waals surface area (Å²) in [5, 5.41) is 0.353. The summed E-state index contributed by atoms with van der Waals surface area (Å²) in [6, 6.07) is 9.03. The van der Waals surface area contributed by atoms with Gasteiger partial charge in [0.15, 0.2) is 0 Å². The fourth-order valence-corrected chi connectivity index (χ4v) is 1.27. The van der Waals surface area contributed by atoms with Crippen molar-refractivity contribution in [2.24, 2.45) is 0 Å². The summed E-state index contributed by atoms with van der Waals surface area (Å²) < 4.78 is 5.37. The molecule has 0 aliphatic carbocycles. The van der Waals surface area contributed by atoms with Crippen molar-refractivity contribution in [1.29, 1.82) is 0 Å². The molecule has 3 nitrogen and oxygen atoms in total. The normalized spacial score (nSPS) is 10.0. The van der Waals surface area contributed by atoms with Gasteiger partial charge in [-0.1, -0.05) is 11.6 Å². The number of thiol groups is 1. The highest BCUT2D eigenvalue weighted by Gasteiger charge is 2.00. The largest absolute Gasteiger partial charge is 0.424 e. The molecule has 0 N–H and O–H groups in total. The fraction of sp³-hybridized carbons (Fsp3) is 0. The lowest BCUT2D eigenvalue weighted by atomic mass is 10.3. The first-order valence-electron chi connectivity index (χ1n) is 4.19. The molecule has 0 radical (unpaired) electrons. The zero-order valence-electron chi connectivity index (χ0n) is 7.59. The Balaban J connectivity index is 2.18. The van der Waals surface area contributed by atoms with Crippen LogP contribution in [0, 0.1) is 0 Å². The van der Waals surface area contributed by atoms with Gasteiger partial charge in [-0.3, -0.25) is 0 Å². The quantitative estimate of drug-likeness (QED) is 0.645. The molecule has 15 heavy (non-hydrogen) atoms. The Hall–Kier alpha value is -1.26. The smallest absolute Gasteiger partial charge is 0.323 e. The van der Waals surface area contributed by atoms with Crippen LogP contribution in [0.3, 0.4) is 0 Å². The van der Waals surface area contributed by atoms with E-state index in [2.05, 4.69) is 22.6 Å². The Morgan fingerprint density at radius 3 is 2.53 bits per heavy atom. The Morgan fingerprint density at radius 1 is 1.13 bits per heavy atom. The highest BCUT2D eigenvalue weighted by molar-refractivity contribution is 7.80. The predicted molar refractivity (Wildman–Crippen MR) is 60.8 cm³/mol. The number of aromatic nitrogens is 2. The summed E-state index contributed by atoms with van der Waals surface area (Å²) >= 11 is 9.86.